The van der Waals surface area contributed by atoms with Crippen LogP contribution in [-0.2, 0) is 0 Å². The zero-order valence-electron chi connectivity index (χ0n) is 8.90. The fraction of sp³-hybridized carbons (Fsp3) is 0.250. The highest BCUT2D eigenvalue weighted by atomic mass is 32.1. The van der Waals surface area contributed by atoms with Crippen LogP contribution in [0.25, 0.3) is 0 Å². The summed E-state index contributed by atoms with van der Waals surface area (Å²) in [5, 5.41) is 1.08. The number of aromatic nitrogens is 1. The van der Waals surface area contributed by atoms with Gasteiger partial charge in [-0.2, -0.15) is 0 Å². The molecule has 2 aromatic rings. The molecule has 0 saturated heterocycles. The Bertz CT molecular complexity index is 448. The van der Waals surface area contributed by atoms with Crippen molar-refractivity contribution in [1.29, 1.82) is 0 Å². The van der Waals surface area contributed by atoms with Crippen LogP contribution in [0.3, 0.4) is 0 Å². The Hall–Kier alpha value is -1.19. The van der Waals surface area contributed by atoms with E-state index in [9.17, 15) is 0 Å². The van der Waals surface area contributed by atoms with E-state index in [0.29, 0.717) is 0 Å². The zero-order valence-corrected chi connectivity index (χ0v) is 9.71. The SMILES string of the molecule is Cc1nc(C)c(C(N)c2ccccc2)s1. The average Bonchev–Trinajstić information content (AvgIpc) is 2.58. The van der Waals surface area contributed by atoms with Gasteiger partial charge >= 0.3 is 0 Å². The minimum atomic E-state index is -0.0441. The van der Waals surface area contributed by atoms with Crippen LogP contribution in [0.2, 0.25) is 0 Å². The third-order valence-corrected chi connectivity index (χ3v) is 3.54. The summed E-state index contributed by atoms with van der Waals surface area (Å²) in [6, 6.07) is 10.1. The molecule has 2 rings (SSSR count). The van der Waals surface area contributed by atoms with Gasteiger partial charge in [0, 0.05) is 4.88 Å². The van der Waals surface area contributed by atoms with Crippen molar-refractivity contribution in [1.82, 2.24) is 4.98 Å². The van der Waals surface area contributed by atoms with E-state index in [-0.39, 0.29) is 6.04 Å². The fourth-order valence-corrected chi connectivity index (χ4v) is 2.60. The molecule has 0 aliphatic carbocycles. The van der Waals surface area contributed by atoms with E-state index in [0.717, 1.165) is 16.3 Å². The van der Waals surface area contributed by atoms with Crippen molar-refractivity contribution >= 4 is 11.3 Å². The van der Waals surface area contributed by atoms with Crippen LogP contribution in [0.4, 0.5) is 0 Å². The van der Waals surface area contributed by atoms with E-state index in [1.54, 1.807) is 11.3 Å². The van der Waals surface area contributed by atoms with E-state index in [1.807, 2.05) is 32.0 Å². The molecular formula is C12H14N2S. The van der Waals surface area contributed by atoms with Gasteiger partial charge in [-0.3, -0.25) is 0 Å². The standard InChI is InChI=1S/C12H14N2S/c1-8-12(15-9(2)14-8)11(13)10-6-4-3-5-7-10/h3-7,11H,13H2,1-2H3. The van der Waals surface area contributed by atoms with E-state index >= 15 is 0 Å². The molecule has 0 saturated carbocycles. The van der Waals surface area contributed by atoms with E-state index in [2.05, 4.69) is 17.1 Å². The second-order valence-electron chi connectivity index (χ2n) is 3.57. The Kier molecular flexibility index (Phi) is 2.84. The van der Waals surface area contributed by atoms with Gasteiger partial charge in [0.25, 0.3) is 0 Å². The number of nitrogens with two attached hydrogens (primary N) is 1. The lowest BCUT2D eigenvalue weighted by Crippen LogP contribution is -2.11. The maximum Gasteiger partial charge on any atom is 0.0900 e. The first-order chi connectivity index (χ1) is 7.18. The quantitative estimate of drug-likeness (QED) is 0.841. The van der Waals surface area contributed by atoms with Crippen molar-refractivity contribution in [3.63, 3.8) is 0 Å². The minimum Gasteiger partial charge on any atom is -0.320 e. The maximum atomic E-state index is 6.20. The van der Waals surface area contributed by atoms with Gasteiger partial charge in [-0.1, -0.05) is 30.3 Å². The van der Waals surface area contributed by atoms with Crippen LogP contribution in [0.15, 0.2) is 30.3 Å². The Morgan fingerprint density at radius 3 is 2.40 bits per heavy atom. The molecule has 2 N–H and O–H groups in total. The van der Waals surface area contributed by atoms with E-state index in [1.165, 1.54) is 4.88 Å². The number of hydrogen-bond acceptors (Lipinski definition) is 3. The third kappa shape index (κ3) is 2.08. The first-order valence-corrected chi connectivity index (χ1v) is 5.74. The molecule has 1 heterocycles. The van der Waals surface area contributed by atoms with Crippen LogP contribution >= 0.6 is 11.3 Å². The predicted molar refractivity (Wildman–Crippen MR) is 64.1 cm³/mol. The van der Waals surface area contributed by atoms with Crippen LogP contribution in [0.5, 0.6) is 0 Å². The largest absolute Gasteiger partial charge is 0.320 e. The normalized spacial score (nSPS) is 12.7. The van der Waals surface area contributed by atoms with Crippen LogP contribution < -0.4 is 5.73 Å². The van der Waals surface area contributed by atoms with Crippen molar-refractivity contribution in [2.45, 2.75) is 19.9 Å². The molecule has 15 heavy (non-hydrogen) atoms. The number of hydrogen-bond donors (Lipinski definition) is 1. The second-order valence-corrected chi connectivity index (χ2v) is 4.81. The predicted octanol–water partition coefficient (Wildman–Crippen LogP) is 2.81. The number of aryl methyl sites for hydroxylation is 2. The minimum absolute atomic E-state index is 0.0441. The molecule has 78 valence electrons. The molecule has 1 unspecified atom stereocenters. The van der Waals surface area contributed by atoms with Crippen LogP contribution in [0, 0.1) is 13.8 Å². The maximum absolute atomic E-state index is 6.20. The number of rotatable bonds is 2. The molecule has 0 aliphatic rings. The van der Waals surface area contributed by atoms with Crippen molar-refractivity contribution in [3.05, 3.63) is 51.5 Å². The molecule has 0 radical (unpaired) electrons. The molecule has 1 aromatic carbocycles. The number of nitrogens with zero attached hydrogens (tertiary/aromatic N) is 1. The third-order valence-electron chi connectivity index (χ3n) is 2.38. The first-order valence-electron chi connectivity index (χ1n) is 4.93. The topological polar surface area (TPSA) is 38.9 Å². The molecule has 2 nitrogen and oxygen atoms in total. The summed E-state index contributed by atoms with van der Waals surface area (Å²) in [4.78, 5) is 5.56. The summed E-state index contributed by atoms with van der Waals surface area (Å²) >= 11 is 1.68. The molecule has 0 spiro atoms. The Balaban J connectivity index is 2.36. The highest BCUT2D eigenvalue weighted by molar-refractivity contribution is 7.11. The van der Waals surface area contributed by atoms with Crippen molar-refractivity contribution in [2.24, 2.45) is 5.73 Å². The summed E-state index contributed by atoms with van der Waals surface area (Å²) in [6.45, 7) is 4.03. The Labute approximate surface area is 93.8 Å². The Morgan fingerprint density at radius 1 is 1.20 bits per heavy atom. The zero-order chi connectivity index (χ0) is 10.8. The van der Waals surface area contributed by atoms with Gasteiger partial charge in [0.2, 0.25) is 0 Å². The van der Waals surface area contributed by atoms with Gasteiger partial charge in [-0.15, -0.1) is 11.3 Å². The number of thiazole rings is 1. The molecule has 3 heteroatoms. The summed E-state index contributed by atoms with van der Waals surface area (Å²) in [6.07, 6.45) is 0. The van der Waals surface area contributed by atoms with Gasteiger partial charge in [0.05, 0.1) is 16.7 Å². The Morgan fingerprint density at radius 2 is 1.87 bits per heavy atom. The summed E-state index contributed by atoms with van der Waals surface area (Å²) in [7, 11) is 0. The lowest BCUT2D eigenvalue weighted by atomic mass is 10.1. The molecular weight excluding hydrogens is 204 g/mol. The van der Waals surface area contributed by atoms with E-state index < -0.39 is 0 Å². The van der Waals surface area contributed by atoms with Gasteiger partial charge in [0.1, 0.15) is 0 Å². The molecule has 0 fully saturated rings. The molecule has 1 aromatic heterocycles. The van der Waals surface area contributed by atoms with Gasteiger partial charge < -0.3 is 5.73 Å². The van der Waals surface area contributed by atoms with Crippen molar-refractivity contribution < 1.29 is 0 Å². The smallest absolute Gasteiger partial charge is 0.0900 e. The summed E-state index contributed by atoms with van der Waals surface area (Å²) in [5.41, 5.74) is 8.39. The van der Waals surface area contributed by atoms with Gasteiger partial charge in [-0.25, -0.2) is 4.98 Å². The summed E-state index contributed by atoms with van der Waals surface area (Å²) < 4.78 is 0. The van der Waals surface area contributed by atoms with Gasteiger partial charge in [-0.05, 0) is 19.4 Å². The highest BCUT2D eigenvalue weighted by Gasteiger charge is 2.14. The summed E-state index contributed by atoms with van der Waals surface area (Å²) in [5.74, 6) is 0. The molecule has 0 bridgehead atoms. The van der Waals surface area contributed by atoms with E-state index in [4.69, 9.17) is 5.73 Å². The van der Waals surface area contributed by atoms with Crippen LogP contribution in [0.1, 0.15) is 27.2 Å². The van der Waals surface area contributed by atoms with Crippen molar-refractivity contribution in [2.75, 3.05) is 0 Å². The lowest BCUT2D eigenvalue weighted by Gasteiger charge is -2.10. The van der Waals surface area contributed by atoms with Crippen molar-refractivity contribution in [3.8, 4) is 0 Å². The highest BCUT2D eigenvalue weighted by Crippen LogP contribution is 2.27. The molecule has 1 atom stereocenters. The monoisotopic (exact) mass is 218 g/mol. The fourth-order valence-electron chi connectivity index (χ4n) is 1.65. The first kappa shape index (κ1) is 10.3. The van der Waals surface area contributed by atoms with Gasteiger partial charge in [0.15, 0.2) is 0 Å². The molecule has 0 aliphatic heterocycles. The molecule has 0 amide bonds. The number of benzene rings is 1. The lowest BCUT2D eigenvalue weighted by molar-refractivity contribution is 0.877. The average molecular weight is 218 g/mol. The second kappa shape index (κ2) is 4.13. The van der Waals surface area contributed by atoms with Crippen LogP contribution in [-0.4, -0.2) is 4.98 Å².